The molecule has 0 aromatic heterocycles. The third kappa shape index (κ3) is 5.05. The molecule has 0 saturated carbocycles. The van der Waals surface area contributed by atoms with Gasteiger partial charge in [-0.3, -0.25) is 9.59 Å². The molecule has 1 aliphatic carbocycles. The maximum absolute atomic E-state index is 13.7. The summed E-state index contributed by atoms with van der Waals surface area (Å²) < 4.78 is 16.2. The quantitative estimate of drug-likeness (QED) is 0.354. The van der Waals surface area contributed by atoms with E-state index in [9.17, 15) is 14.4 Å². The summed E-state index contributed by atoms with van der Waals surface area (Å²) in [6.07, 6.45) is 0.494. The largest absolute Gasteiger partial charge is 0.490 e. The van der Waals surface area contributed by atoms with Crippen LogP contribution >= 0.6 is 0 Å². The van der Waals surface area contributed by atoms with Gasteiger partial charge in [-0.25, -0.2) is 4.79 Å². The second-order valence-electron chi connectivity index (χ2n) is 9.24. The first-order chi connectivity index (χ1) is 17.3. The molecule has 4 rings (SSSR count). The van der Waals surface area contributed by atoms with Crippen LogP contribution in [0.3, 0.4) is 0 Å². The fraction of sp³-hybridized carbons (Fsp3) is 0.345. The van der Waals surface area contributed by atoms with Gasteiger partial charge in [0.05, 0.1) is 12.7 Å². The zero-order chi connectivity index (χ0) is 25.8. The van der Waals surface area contributed by atoms with E-state index in [1.165, 1.54) is 7.11 Å². The number of nitrogens with one attached hydrogen (secondary N) is 1. The predicted octanol–water partition coefficient (Wildman–Crippen LogP) is 4.23. The van der Waals surface area contributed by atoms with Gasteiger partial charge in [-0.2, -0.15) is 0 Å². The first-order valence-electron chi connectivity index (χ1n) is 12.1. The molecule has 0 saturated heterocycles. The van der Waals surface area contributed by atoms with Crippen molar-refractivity contribution in [2.24, 2.45) is 11.8 Å². The first kappa shape index (κ1) is 25.2. The molecule has 2 aromatic carbocycles. The molecular formula is C29H31NO6. The molecule has 7 nitrogen and oxygen atoms in total. The van der Waals surface area contributed by atoms with Crippen LogP contribution in [-0.2, 0) is 23.9 Å². The maximum atomic E-state index is 13.7. The van der Waals surface area contributed by atoms with Crippen molar-refractivity contribution in [1.82, 2.24) is 5.32 Å². The Bertz CT molecular complexity index is 1210. The van der Waals surface area contributed by atoms with Crippen molar-refractivity contribution in [3.8, 4) is 5.75 Å². The number of benzene rings is 2. The van der Waals surface area contributed by atoms with E-state index in [-0.39, 0.29) is 24.9 Å². The van der Waals surface area contributed by atoms with Gasteiger partial charge < -0.3 is 19.5 Å². The number of aryl methyl sites for hydroxylation is 1. The molecule has 2 aliphatic rings. The van der Waals surface area contributed by atoms with Crippen LogP contribution in [0, 0.1) is 18.8 Å². The summed E-state index contributed by atoms with van der Waals surface area (Å²) in [5.74, 6) is -2.53. The lowest BCUT2D eigenvalue weighted by Crippen LogP contribution is -2.43. The summed E-state index contributed by atoms with van der Waals surface area (Å²) in [7, 11) is 1.28. The third-order valence-electron chi connectivity index (χ3n) is 6.70. The number of Topliss-reactive ketones (excluding diaryl/α,β-unsaturated/α-hetero) is 1. The van der Waals surface area contributed by atoms with Crippen LogP contribution in [-0.4, -0.2) is 38.0 Å². The van der Waals surface area contributed by atoms with Crippen LogP contribution in [0.2, 0.25) is 0 Å². The number of methoxy groups -OCH3 is 1. The number of para-hydroxylation sites is 1. The van der Waals surface area contributed by atoms with E-state index >= 15 is 0 Å². The van der Waals surface area contributed by atoms with Crippen molar-refractivity contribution >= 4 is 17.7 Å². The number of esters is 2. The lowest BCUT2D eigenvalue weighted by Gasteiger charge is -2.38. The Morgan fingerprint density at radius 3 is 2.36 bits per heavy atom. The van der Waals surface area contributed by atoms with Gasteiger partial charge in [-0.05, 0) is 43.9 Å². The molecule has 0 unspecified atom stereocenters. The Morgan fingerprint density at radius 2 is 1.69 bits per heavy atom. The highest BCUT2D eigenvalue weighted by Crippen LogP contribution is 2.45. The van der Waals surface area contributed by atoms with Gasteiger partial charge in [0.2, 0.25) is 0 Å². The van der Waals surface area contributed by atoms with Crippen molar-refractivity contribution < 1.29 is 28.6 Å². The Hall–Kier alpha value is -3.87. The third-order valence-corrected chi connectivity index (χ3v) is 6.70. The van der Waals surface area contributed by atoms with Crippen molar-refractivity contribution in [1.29, 1.82) is 0 Å². The molecule has 1 N–H and O–H groups in total. The predicted molar refractivity (Wildman–Crippen MR) is 134 cm³/mol. The summed E-state index contributed by atoms with van der Waals surface area (Å²) >= 11 is 0. The molecule has 36 heavy (non-hydrogen) atoms. The molecular weight excluding hydrogens is 458 g/mol. The van der Waals surface area contributed by atoms with Gasteiger partial charge in [0.15, 0.2) is 5.78 Å². The maximum Gasteiger partial charge on any atom is 0.336 e. The fourth-order valence-corrected chi connectivity index (χ4v) is 4.93. The van der Waals surface area contributed by atoms with E-state index in [0.717, 1.165) is 16.8 Å². The van der Waals surface area contributed by atoms with Crippen LogP contribution in [0.4, 0.5) is 0 Å². The molecule has 1 heterocycles. The number of carbonyl (C=O) groups excluding carboxylic acids is 3. The van der Waals surface area contributed by atoms with Crippen molar-refractivity contribution in [3.05, 3.63) is 88.3 Å². The van der Waals surface area contributed by atoms with E-state index in [0.29, 0.717) is 29.0 Å². The lowest BCUT2D eigenvalue weighted by atomic mass is 9.69. The summed E-state index contributed by atoms with van der Waals surface area (Å²) in [5.41, 5.74) is 3.98. The smallest absolute Gasteiger partial charge is 0.336 e. The second kappa shape index (κ2) is 10.8. The molecule has 1 aliphatic heterocycles. The minimum Gasteiger partial charge on any atom is -0.490 e. The molecule has 0 spiro atoms. The number of ketones is 1. The molecule has 3 atom stereocenters. The molecule has 0 fully saturated rings. The number of dihydropyridines is 1. The highest BCUT2D eigenvalue weighted by Gasteiger charge is 2.47. The molecule has 0 bridgehead atoms. The Morgan fingerprint density at radius 1 is 1.00 bits per heavy atom. The van der Waals surface area contributed by atoms with E-state index < -0.39 is 23.8 Å². The van der Waals surface area contributed by atoms with E-state index in [4.69, 9.17) is 14.2 Å². The van der Waals surface area contributed by atoms with Crippen molar-refractivity contribution in [2.75, 3.05) is 20.3 Å². The summed E-state index contributed by atoms with van der Waals surface area (Å²) in [5, 5.41) is 3.27. The van der Waals surface area contributed by atoms with Gasteiger partial charge >= 0.3 is 11.9 Å². The normalized spacial score (nSPS) is 21.4. The summed E-state index contributed by atoms with van der Waals surface area (Å²) in [6.45, 7) is 5.89. The average molecular weight is 490 g/mol. The first-order valence-corrected chi connectivity index (χ1v) is 12.1. The number of carbonyl (C=O) groups is 3. The van der Waals surface area contributed by atoms with Gasteiger partial charge in [0.1, 0.15) is 24.9 Å². The molecule has 7 heteroatoms. The number of hydrogen-bond donors (Lipinski definition) is 1. The highest BCUT2D eigenvalue weighted by atomic mass is 16.6. The number of hydrogen-bond acceptors (Lipinski definition) is 7. The van der Waals surface area contributed by atoms with Gasteiger partial charge in [-0.15, -0.1) is 0 Å². The standard InChI is InChI=1S/C29H31NO6/c1-17-10-12-20(13-11-17)25-24(29(33)36-15-14-35-21-8-6-5-7-9-21)19(3)30-22-16-18(2)23(28(32)34-4)27(31)26(22)25/h5-13,18,23,25,30H,14-16H2,1-4H3/t18-,23+,25-/m1/s1. The molecule has 188 valence electrons. The monoisotopic (exact) mass is 489 g/mol. The molecule has 0 radical (unpaired) electrons. The second-order valence-corrected chi connectivity index (χ2v) is 9.24. The number of allylic oxidation sites excluding steroid dienone is 3. The van der Waals surface area contributed by atoms with Crippen LogP contribution in [0.15, 0.2) is 77.1 Å². The van der Waals surface area contributed by atoms with Crippen LogP contribution < -0.4 is 10.1 Å². The SMILES string of the molecule is COC(=O)[C@@H]1C(=O)C2=C(C[C@H]1C)NC(C)=C(C(=O)OCCOc1ccccc1)[C@H]2c1ccc(C)cc1. The number of rotatable bonds is 7. The van der Waals surface area contributed by atoms with Crippen LogP contribution in [0.25, 0.3) is 0 Å². The average Bonchev–Trinajstić information content (AvgIpc) is 2.86. The van der Waals surface area contributed by atoms with Crippen LogP contribution in [0.5, 0.6) is 5.75 Å². The summed E-state index contributed by atoms with van der Waals surface area (Å²) in [4.78, 5) is 39.6. The van der Waals surface area contributed by atoms with Crippen molar-refractivity contribution in [2.45, 2.75) is 33.1 Å². The van der Waals surface area contributed by atoms with Crippen LogP contribution in [0.1, 0.15) is 37.3 Å². The zero-order valence-corrected chi connectivity index (χ0v) is 21.0. The van der Waals surface area contributed by atoms with Crippen molar-refractivity contribution in [3.63, 3.8) is 0 Å². The van der Waals surface area contributed by atoms with E-state index in [1.807, 2.05) is 75.4 Å². The Kier molecular flexibility index (Phi) is 7.58. The lowest BCUT2D eigenvalue weighted by molar-refractivity contribution is -0.151. The highest BCUT2D eigenvalue weighted by molar-refractivity contribution is 6.12. The summed E-state index contributed by atoms with van der Waals surface area (Å²) in [6, 6.07) is 17.0. The van der Waals surface area contributed by atoms with E-state index in [1.54, 1.807) is 0 Å². The number of ether oxygens (including phenoxy) is 3. The van der Waals surface area contributed by atoms with E-state index in [2.05, 4.69) is 5.32 Å². The Balaban J connectivity index is 1.63. The Labute approximate surface area is 211 Å². The van der Waals surface area contributed by atoms with Gasteiger partial charge in [-0.1, -0.05) is 55.0 Å². The molecule has 2 aromatic rings. The minimum atomic E-state index is -0.918. The molecule has 0 amide bonds. The van der Waals surface area contributed by atoms with Gasteiger partial charge in [0, 0.05) is 22.9 Å². The zero-order valence-electron chi connectivity index (χ0n) is 21.0. The van der Waals surface area contributed by atoms with Gasteiger partial charge in [0.25, 0.3) is 0 Å². The fourth-order valence-electron chi connectivity index (χ4n) is 4.93. The minimum absolute atomic E-state index is 0.0484. The topological polar surface area (TPSA) is 90.9 Å².